The van der Waals surface area contributed by atoms with E-state index in [4.69, 9.17) is 9.15 Å². The summed E-state index contributed by atoms with van der Waals surface area (Å²) in [4.78, 5) is 24.4. The molecular weight excluding hydrogens is 469 g/mol. The Hall–Kier alpha value is -3.77. The number of para-hydroxylation sites is 1. The SMILES string of the molecule is O=C(c1ccc(COc2ccc(F)cc2)o1)N1CCN(S(=O)(=O)c2ccccc2[N+](=O)[O-])CC1. The van der Waals surface area contributed by atoms with Crippen LogP contribution in [0.2, 0.25) is 0 Å². The van der Waals surface area contributed by atoms with Gasteiger partial charge in [-0.3, -0.25) is 14.9 Å². The minimum absolute atomic E-state index is 0.0125. The van der Waals surface area contributed by atoms with Gasteiger partial charge in [0.25, 0.3) is 11.6 Å². The van der Waals surface area contributed by atoms with E-state index < -0.39 is 26.5 Å². The Bertz CT molecular complexity index is 1300. The van der Waals surface area contributed by atoms with Crippen molar-refractivity contribution in [2.75, 3.05) is 26.2 Å². The monoisotopic (exact) mass is 489 g/mol. The highest BCUT2D eigenvalue weighted by Gasteiger charge is 2.35. The fourth-order valence-electron chi connectivity index (χ4n) is 3.51. The van der Waals surface area contributed by atoms with Crippen LogP contribution in [0, 0.1) is 15.9 Å². The van der Waals surface area contributed by atoms with Gasteiger partial charge in [-0.05, 0) is 42.5 Å². The highest BCUT2D eigenvalue weighted by molar-refractivity contribution is 7.89. The van der Waals surface area contributed by atoms with Crippen LogP contribution in [0.1, 0.15) is 16.3 Å². The van der Waals surface area contributed by atoms with E-state index in [9.17, 15) is 27.7 Å². The van der Waals surface area contributed by atoms with Crippen molar-refractivity contribution < 1.29 is 31.7 Å². The summed E-state index contributed by atoms with van der Waals surface area (Å²) in [5.74, 6) is 0.128. The second kappa shape index (κ2) is 9.61. The van der Waals surface area contributed by atoms with E-state index in [-0.39, 0.29) is 49.3 Å². The molecule has 2 heterocycles. The standard InChI is InChI=1S/C22H20FN3O7S/c23-16-5-7-17(8-6-16)32-15-18-9-10-20(33-18)22(27)24-11-13-25(14-12-24)34(30,31)21-4-2-1-3-19(21)26(28)29/h1-10H,11-15H2. The Balaban J connectivity index is 1.37. The van der Waals surface area contributed by atoms with E-state index in [1.54, 1.807) is 6.07 Å². The molecule has 178 valence electrons. The highest BCUT2D eigenvalue weighted by atomic mass is 32.2. The molecule has 3 aromatic rings. The van der Waals surface area contributed by atoms with Gasteiger partial charge in [-0.25, -0.2) is 12.8 Å². The van der Waals surface area contributed by atoms with Gasteiger partial charge in [-0.15, -0.1) is 0 Å². The van der Waals surface area contributed by atoms with Crippen LogP contribution < -0.4 is 4.74 Å². The molecule has 0 aliphatic carbocycles. The number of halogens is 1. The molecule has 0 spiro atoms. The molecule has 0 atom stereocenters. The first-order valence-corrected chi connectivity index (χ1v) is 11.7. The van der Waals surface area contributed by atoms with Crippen molar-refractivity contribution in [2.45, 2.75) is 11.5 Å². The largest absolute Gasteiger partial charge is 0.486 e. The van der Waals surface area contributed by atoms with Crippen LogP contribution in [0.25, 0.3) is 0 Å². The summed E-state index contributed by atoms with van der Waals surface area (Å²) < 4.78 is 51.0. The number of furan rings is 1. The molecule has 12 heteroatoms. The summed E-state index contributed by atoms with van der Waals surface area (Å²) in [6, 6.07) is 13.7. The lowest BCUT2D eigenvalue weighted by Crippen LogP contribution is -2.50. The minimum atomic E-state index is -4.09. The lowest BCUT2D eigenvalue weighted by Gasteiger charge is -2.33. The van der Waals surface area contributed by atoms with E-state index in [2.05, 4.69) is 0 Å². The molecule has 34 heavy (non-hydrogen) atoms. The maximum atomic E-state index is 13.0. The molecule has 0 radical (unpaired) electrons. The van der Waals surface area contributed by atoms with Gasteiger partial charge in [0, 0.05) is 32.2 Å². The third-order valence-corrected chi connectivity index (χ3v) is 7.22. The predicted molar refractivity (Wildman–Crippen MR) is 117 cm³/mol. The molecule has 1 saturated heterocycles. The van der Waals surface area contributed by atoms with E-state index >= 15 is 0 Å². The zero-order chi connectivity index (χ0) is 24.3. The number of nitrogens with zero attached hydrogens (tertiary/aromatic N) is 3. The van der Waals surface area contributed by atoms with Crippen molar-refractivity contribution in [1.82, 2.24) is 9.21 Å². The summed E-state index contributed by atoms with van der Waals surface area (Å²) in [7, 11) is -4.09. The molecule has 0 unspecified atom stereocenters. The van der Waals surface area contributed by atoms with Crippen molar-refractivity contribution in [3.8, 4) is 5.75 Å². The van der Waals surface area contributed by atoms with Gasteiger partial charge in [-0.1, -0.05) is 12.1 Å². The Kier molecular flexibility index (Phi) is 6.61. The first-order valence-electron chi connectivity index (χ1n) is 10.3. The van der Waals surface area contributed by atoms with Gasteiger partial charge in [0.05, 0.1) is 4.92 Å². The van der Waals surface area contributed by atoms with Crippen molar-refractivity contribution in [3.63, 3.8) is 0 Å². The summed E-state index contributed by atoms with van der Waals surface area (Å²) in [5.41, 5.74) is -0.494. The van der Waals surface area contributed by atoms with Crippen molar-refractivity contribution in [1.29, 1.82) is 0 Å². The van der Waals surface area contributed by atoms with E-state index in [1.807, 2.05) is 0 Å². The predicted octanol–water partition coefficient (Wildman–Crippen LogP) is 3.05. The zero-order valence-electron chi connectivity index (χ0n) is 17.8. The number of nitro benzene ring substituents is 1. The van der Waals surface area contributed by atoms with Gasteiger partial charge in [0.15, 0.2) is 10.7 Å². The summed E-state index contributed by atoms with van der Waals surface area (Å²) >= 11 is 0. The van der Waals surface area contributed by atoms with E-state index in [0.29, 0.717) is 11.5 Å². The quantitative estimate of drug-likeness (QED) is 0.369. The van der Waals surface area contributed by atoms with E-state index in [1.165, 1.54) is 53.4 Å². The highest BCUT2D eigenvalue weighted by Crippen LogP contribution is 2.27. The first kappa shape index (κ1) is 23.4. The molecule has 1 aliphatic heterocycles. The van der Waals surface area contributed by atoms with Gasteiger partial charge >= 0.3 is 0 Å². The fraction of sp³-hybridized carbons (Fsp3) is 0.227. The smallest absolute Gasteiger partial charge is 0.289 e. The number of carbonyl (C=O) groups is 1. The Morgan fingerprint density at radius 3 is 2.38 bits per heavy atom. The van der Waals surface area contributed by atoms with Gasteiger partial charge < -0.3 is 14.1 Å². The second-order valence-corrected chi connectivity index (χ2v) is 9.34. The van der Waals surface area contributed by atoms with Crippen LogP contribution in [-0.2, 0) is 16.6 Å². The molecule has 1 amide bonds. The zero-order valence-corrected chi connectivity index (χ0v) is 18.6. The molecule has 1 aromatic heterocycles. The number of ether oxygens (including phenoxy) is 1. The number of nitro groups is 1. The number of piperazine rings is 1. The number of amides is 1. The lowest BCUT2D eigenvalue weighted by molar-refractivity contribution is -0.387. The maximum Gasteiger partial charge on any atom is 0.289 e. The number of rotatable bonds is 7. The summed E-state index contributed by atoms with van der Waals surface area (Å²) in [6.07, 6.45) is 0. The molecular formula is C22H20FN3O7S. The molecule has 0 bridgehead atoms. The van der Waals surface area contributed by atoms with Crippen LogP contribution in [-0.4, -0.2) is 54.6 Å². The number of hydrogen-bond donors (Lipinski definition) is 0. The van der Waals surface area contributed by atoms with Crippen molar-refractivity contribution >= 4 is 21.6 Å². The molecule has 0 N–H and O–H groups in total. The Morgan fingerprint density at radius 2 is 1.71 bits per heavy atom. The molecule has 1 fully saturated rings. The van der Waals surface area contributed by atoms with Gasteiger partial charge in [0.2, 0.25) is 10.0 Å². The Morgan fingerprint density at radius 1 is 1.03 bits per heavy atom. The second-order valence-electron chi connectivity index (χ2n) is 7.43. The molecule has 0 saturated carbocycles. The molecule has 10 nitrogen and oxygen atoms in total. The fourth-order valence-corrected chi connectivity index (χ4v) is 5.09. The number of sulfonamides is 1. The lowest BCUT2D eigenvalue weighted by atomic mass is 10.3. The van der Waals surface area contributed by atoms with Crippen molar-refractivity contribution in [3.05, 3.63) is 88.1 Å². The third kappa shape index (κ3) is 4.92. The number of hydrogen-bond acceptors (Lipinski definition) is 7. The number of carbonyl (C=O) groups excluding carboxylic acids is 1. The molecule has 2 aromatic carbocycles. The average Bonchev–Trinajstić information content (AvgIpc) is 3.32. The average molecular weight is 489 g/mol. The van der Waals surface area contributed by atoms with Crippen LogP contribution in [0.15, 0.2) is 70.0 Å². The van der Waals surface area contributed by atoms with Crippen LogP contribution >= 0.6 is 0 Å². The maximum absolute atomic E-state index is 13.0. The van der Waals surface area contributed by atoms with Crippen LogP contribution in [0.3, 0.4) is 0 Å². The molecule has 4 rings (SSSR count). The normalized spacial score (nSPS) is 14.7. The van der Waals surface area contributed by atoms with Crippen molar-refractivity contribution in [2.24, 2.45) is 0 Å². The van der Waals surface area contributed by atoms with Gasteiger partial charge in [0.1, 0.15) is 23.9 Å². The van der Waals surface area contributed by atoms with Crippen LogP contribution in [0.4, 0.5) is 10.1 Å². The number of benzene rings is 2. The van der Waals surface area contributed by atoms with Crippen LogP contribution in [0.5, 0.6) is 5.75 Å². The summed E-state index contributed by atoms with van der Waals surface area (Å²) in [6.45, 7) is 0.213. The first-order chi connectivity index (χ1) is 16.3. The van der Waals surface area contributed by atoms with Gasteiger partial charge in [-0.2, -0.15) is 4.31 Å². The minimum Gasteiger partial charge on any atom is -0.486 e. The summed E-state index contributed by atoms with van der Waals surface area (Å²) in [5, 5.41) is 11.2. The third-order valence-electron chi connectivity index (χ3n) is 5.27. The van der Waals surface area contributed by atoms with E-state index in [0.717, 1.165) is 10.4 Å². The Labute approximate surface area is 194 Å². The topological polar surface area (TPSA) is 123 Å². The molecule has 1 aliphatic rings.